The molecule has 8 heteroatoms. The fraction of sp³-hybridized carbons (Fsp3) is 0.500. The van der Waals surface area contributed by atoms with Crippen LogP contribution in [0.4, 0.5) is 11.5 Å². The maximum atomic E-state index is 11.2. The summed E-state index contributed by atoms with van der Waals surface area (Å²) in [6.45, 7) is 7.96. The van der Waals surface area contributed by atoms with Crippen LogP contribution in [0.1, 0.15) is 35.5 Å². The first-order valence-electron chi connectivity index (χ1n) is 6.28. The molecule has 0 aliphatic carbocycles. The largest absolute Gasteiger partial charge is 0.358 e. The third kappa shape index (κ3) is 2.79. The number of hydrogen-bond donors (Lipinski definition) is 1. The molecule has 0 spiro atoms. The highest BCUT2D eigenvalue weighted by Gasteiger charge is 2.26. The summed E-state index contributed by atoms with van der Waals surface area (Å²) in [4.78, 5) is 16.2. The van der Waals surface area contributed by atoms with Gasteiger partial charge in [-0.25, -0.2) is 9.67 Å². The Hall–Kier alpha value is -1.96. The number of nitrogens with zero attached hydrogens (tertiary/aromatic N) is 4. The predicted octanol–water partition coefficient (Wildman–Crippen LogP) is 3.06. The third-order valence-electron chi connectivity index (χ3n) is 2.80. The van der Waals surface area contributed by atoms with Gasteiger partial charge in [-0.3, -0.25) is 10.1 Å². The number of rotatable bonds is 5. The minimum Gasteiger partial charge on any atom is -0.358 e. The van der Waals surface area contributed by atoms with Crippen molar-refractivity contribution >= 4 is 22.8 Å². The van der Waals surface area contributed by atoms with E-state index in [-0.39, 0.29) is 11.7 Å². The smallest absolute Gasteiger partial charge is 0.333 e. The van der Waals surface area contributed by atoms with Crippen LogP contribution in [-0.2, 0) is 6.54 Å². The van der Waals surface area contributed by atoms with Gasteiger partial charge < -0.3 is 5.32 Å². The van der Waals surface area contributed by atoms with E-state index in [0.717, 1.165) is 9.88 Å². The highest BCUT2D eigenvalue weighted by Crippen LogP contribution is 2.31. The zero-order chi connectivity index (χ0) is 14.9. The van der Waals surface area contributed by atoms with Gasteiger partial charge in [0.1, 0.15) is 10.7 Å². The normalized spacial score (nSPS) is 11.1. The third-order valence-corrected chi connectivity index (χ3v) is 3.71. The highest BCUT2D eigenvalue weighted by molar-refractivity contribution is 7.11. The molecule has 7 nitrogen and oxygen atoms in total. The summed E-state index contributed by atoms with van der Waals surface area (Å²) in [6, 6.07) is 0.0444. The molecule has 2 aromatic heterocycles. The average molecular weight is 295 g/mol. The first-order valence-corrected chi connectivity index (χ1v) is 7.10. The van der Waals surface area contributed by atoms with Gasteiger partial charge in [-0.05, 0) is 27.7 Å². The van der Waals surface area contributed by atoms with E-state index < -0.39 is 4.92 Å². The molecule has 0 aromatic carbocycles. The van der Waals surface area contributed by atoms with E-state index in [1.165, 1.54) is 0 Å². The second-order valence-electron chi connectivity index (χ2n) is 4.80. The molecule has 2 heterocycles. The standard InChI is InChI=1S/C12H17N5O2S/c1-7(2)16-12(11(17(18)19)9(4)15-16)14-6-10-13-5-8(3)20-10/h5,7,14H,6H2,1-4H3. The zero-order valence-electron chi connectivity index (χ0n) is 11.9. The van der Waals surface area contributed by atoms with Crippen LogP contribution in [0.5, 0.6) is 0 Å². The molecular weight excluding hydrogens is 278 g/mol. The number of nitro groups is 1. The zero-order valence-corrected chi connectivity index (χ0v) is 12.7. The van der Waals surface area contributed by atoms with Gasteiger partial charge in [0, 0.05) is 17.1 Å². The van der Waals surface area contributed by atoms with Gasteiger partial charge in [0.15, 0.2) is 0 Å². The maximum absolute atomic E-state index is 11.2. The monoisotopic (exact) mass is 295 g/mol. The number of nitrogens with one attached hydrogen (secondary N) is 1. The summed E-state index contributed by atoms with van der Waals surface area (Å²) in [5.41, 5.74) is 0.452. The van der Waals surface area contributed by atoms with Crippen molar-refractivity contribution in [3.63, 3.8) is 0 Å². The summed E-state index contributed by atoms with van der Waals surface area (Å²) in [5.74, 6) is 0.440. The summed E-state index contributed by atoms with van der Waals surface area (Å²) in [6.07, 6.45) is 1.79. The summed E-state index contributed by atoms with van der Waals surface area (Å²) in [7, 11) is 0. The van der Waals surface area contributed by atoms with E-state index in [0.29, 0.717) is 18.1 Å². The minimum atomic E-state index is -0.392. The van der Waals surface area contributed by atoms with Crippen molar-refractivity contribution in [1.29, 1.82) is 0 Å². The van der Waals surface area contributed by atoms with E-state index in [2.05, 4.69) is 15.4 Å². The Labute approximate surface area is 120 Å². The van der Waals surface area contributed by atoms with Crippen molar-refractivity contribution in [2.45, 2.75) is 40.3 Å². The number of anilines is 1. The number of thiazole rings is 1. The molecule has 0 bridgehead atoms. The van der Waals surface area contributed by atoms with Crippen LogP contribution in [0.15, 0.2) is 6.20 Å². The van der Waals surface area contributed by atoms with Crippen LogP contribution < -0.4 is 5.32 Å². The van der Waals surface area contributed by atoms with Gasteiger partial charge in [-0.2, -0.15) is 5.10 Å². The molecule has 0 fully saturated rings. The van der Waals surface area contributed by atoms with Gasteiger partial charge in [-0.15, -0.1) is 11.3 Å². The fourth-order valence-electron chi connectivity index (χ4n) is 1.94. The highest BCUT2D eigenvalue weighted by atomic mass is 32.1. The Kier molecular flexibility index (Phi) is 4.03. The quantitative estimate of drug-likeness (QED) is 0.676. The Morgan fingerprint density at radius 1 is 1.50 bits per heavy atom. The molecular formula is C12H17N5O2S. The van der Waals surface area contributed by atoms with Crippen LogP contribution in [0.3, 0.4) is 0 Å². The van der Waals surface area contributed by atoms with Crippen molar-refractivity contribution in [2.24, 2.45) is 0 Å². The lowest BCUT2D eigenvalue weighted by atomic mass is 10.3. The molecule has 0 amide bonds. The van der Waals surface area contributed by atoms with Crippen LogP contribution in [0.25, 0.3) is 0 Å². The molecule has 0 aliphatic rings. The van der Waals surface area contributed by atoms with Crippen molar-refractivity contribution in [1.82, 2.24) is 14.8 Å². The lowest BCUT2D eigenvalue weighted by Crippen LogP contribution is -2.10. The van der Waals surface area contributed by atoms with Crippen molar-refractivity contribution in [3.8, 4) is 0 Å². The van der Waals surface area contributed by atoms with Crippen molar-refractivity contribution in [2.75, 3.05) is 5.32 Å². The second-order valence-corrected chi connectivity index (χ2v) is 6.12. The topological polar surface area (TPSA) is 85.9 Å². The van der Waals surface area contributed by atoms with E-state index in [1.54, 1.807) is 29.1 Å². The molecule has 0 saturated heterocycles. The van der Waals surface area contributed by atoms with E-state index in [4.69, 9.17) is 0 Å². The number of aryl methyl sites for hydroxylation is 2. The summed E-state index contributed by atoms with van der Waals surface area (Å²) in [5, 5.41) is 19.4. The summed E-state index contributed by atoms with van der Waals surface area (Å²) >= 11 is 1.57. The van der Waals surface area contributed by atoms with Gasteiger partial charge in [0.25, 0.3) is 0 Å². The molecule has 0 atom stereocenters. The average Bonchev–Trinajstić information content (AvgIpc) is 2.90. The summed E-state index contributed by atoms with van der Waals surface area (Å²) < 4.78 is 1.65. The Morgan fingerprint density at radius 3 is 2.70 bits per heavy atom. The molecule has 0 aliphatic heterocycles. The Bertz CT molecular complexity index is 632. The van der Waals surface area contributed by atoms with Crippen LogP contribution in [-0.4, -0.2) is 19.7 Å². The molecule has 2 aromatic rings. The molecule has 0 unspecified atom stereocenters. The second kappa shape index (κ2) is 5.58. The number of hydrogen-bond acceptors (Lipinski definition) is 6. The number of aromatic nitrogens is 3. The van der Waals surface area contributed by atoms with E-state index in [1.807, 2.05) is 20.8 Å². The molecule has 0 radical (unpaired) electrons. The van der Waals surface area contributed by atoms with Gasteiger partial charge in [0.2, 0.25) is 5.82 Å². The molecule has 1 N–H and O–H groups in total. The van der Waals surface area contributed by atoms with Crippen molar-refractivity contribution < 1.29 is 4.92 Å². The van der Waals surface area contributed by atoms with Gasteiger partial charge in [-0.1, -0.05) is 0 Å². The van der Waals surface area contributed by atoms with E-state index in [9.17, 15) is 10.1 Å². The van der Waals surface area contributed by atoms with Crippen molar-refractivity contribution in [3.05, 3.63) is 31.9 Å². The minimum absolute atomic E-state index is 0.0342. The predicted molar refractivity (Wildman–Crippen MR) is 78.2 cm³/mol. The van der Waals surface area contributed by atoms with Gasteiger partial charge in [0.05, 0.1) is 11.5 Å². The molecule has 2 rings (SSSR count). The van der Waals surface area contributed by atoms with Crippen LogP contribution in [0.2, 0.25) is 0 Å². The lowest BCUT2D eigenvalue weighted by molar-refractivity contribution is -0.384. The van der Waals surface area contributed by atoms with Crippen LogP contribution >= 0.6 is 11.3 Å². The van der Waals surface area contributed by atoms with E-state index >= 15 is 0 Å². The first-order chi connectivity index (χ1) is 9.40. The SMILES string of the molecule is Cc1cnc(CNc2c([N+](=O)[O-])c(C)nn2C(C)C)s1. The molecule has 20 heavy (non-hydrogen) atoms. The lowest BCUT2D eigenvalue weighted by Gasteiger charge is -2.10. The van der Waals surface area contributed by atoms with Gasteiger partial charge >= 0.3 is 5.69 Å². The molecule has 0 saturated carbocycles. The first kappa shape index (κ1) is 14.4. The fourth-order valence-corrected chi connectivity index (χ4v) is 2.67. The maximum Gasteiger partial charge on any atom is 0.333 e. The Balaban J connectivity index is 2.31. The van der Waals surface area contributed by atoms with Crippen LogP contribution in [0, 0.1) is 24.0 Å². The molecule has 108 valence electrons. The Morgan fingerprint density at radius 2 is 2.20 bits per heavy atom.